The van der Waals surface area contributed by atoms with E-state index < -0.39 is 0 Å². The summed E-state index contributed by atoms with van der Waals surface area (Å²) in [6, 6.07) is 4.29. The third-order valence-corrected chi connectivity index (χ3v) is 3.33. The van der Waals surface area contributed by atoms with E-state index in [9.17, 15) is 4.79 Å². The van der Waals surface area contributed by atoms with E-state index in [1.165, 1.54) is 0 Å². The maximum absolute atomic E-state index is 12.0. The summed E-state index contributed by atoms with van der Waals surface area (Å²) >= 11 is 0. The molecule has 1 fully saturated rings. The largest absolute Gasteiger partial charge is 0.341 e. The zero-order valence-electron chi connectivity index (χ0n) is 10.2. The van der Waals surface area contributed by atoms with Gasteiger partial charge in [0.25, 0.3) is 0 Å². The van der Waals surface area contributed by atoms with Crippen LogP contribution in [-0.2, 0) is 11.2 Å². The Balaban J connectivity index is 1.80. The van der Waals surface area contributed by atoms with Gasteiger partial charge in [-0.15, -0.1) is 0 Å². The number of rotatable bonds is 4. The molecule has 2 heterocycles. The maximum atomic E-state index is 12.0. The average molecular weight is 233 g/mol. The number of hydrogen-bond donors (Lipinski definition) is 1. The van der Waals surface area contributed by atoms with Crippen LogP contribution in [0.4, 0.5) is 0 Å². The summed E-state index contributed by atoms with van der Waals surface area (Å²) < 4.78 is 0. The van der Waals surface area contributed by atoms with E-state index in [2.05, 4.69) is 10.3 Å². The topological polar surface area (TPSA) is 45.2 Å². The molecule has 0 bridgehead atoms. The van der Waals surface area contributed by atoms with Crippen LogP contribution in [0.1, 0.15) is 18.4 Å². The van der Waals surface area contributed by atoms with Gasteiger partial charge in [0.15, 0.2) is 0 Å². The lowest BCUT2D eigenvalue weighted by atomic mass is 10.1. The number of carbonyl (C=O) groups is 1. The van der Waals surface area contributed by atoms with Crippen molar-refractivity contribution in [2.45, 2.75) is 25.3 Å². The molecule has 1 saturated heterocycles. The minimum Gasteiger partial charge on any atom is -0.341 e. The van der Waals surface area contributed by atoms with Gasteiger partial charge in [-0.3, -0.25) is 9.78 Å². The second-order valence-corrected chi connectivity index (χ2v) is 4.51. The molecule has 0 radical (unpaired) electrons. The second-order valence-electron chi connectivity index (χ2n) is 4.51. The SMILES string of the molecule is CN(C(=O)CCc1cccnc1)C1CCNC1. The Hall–Kier alpha value is -1.42. The van der Waals surface area contributed by atoms with Crippen LogP contribution in [0.5, 0.6) is 0 Å². The molecule has 1 N–H and O–H groups in total. The van der Waals surface area contributed by atoms with E-state index in [4.69, 9.17) is 0 Å². The van der Waals surface area contributed by atoms with Crippen LogP contribution >= 0.6 is 0 Å². The summed E-state index contributed by atoms with van der Waals surface area (Å²) in [5, 5.41) is 3.28. The Morgan fingerprint density at radius 1 is 1.65 bits per heavy atom. The first kappa shape index (κ1) is 12.0. The molecule has 1 aromatic rings. The van der Waals surface area contributed by atoms with E-state index in [-0.39, 0.29) is 5.91 Å². The summed E-state index contributed by atoms with van der Waals surface area (Å²) in [6.45, 7) is 1.94. The molecule has 92 valence electrons. The normalized spacial score (nSPS) is 19.2. The highest BCUT2D eigenvalue weighted by molar-refractivity contribution is 5.76. The number of carbonyl (C=O) groups excluding carboxylic acids is 1. The van der Waals surface area contributed by atoms with Gasteiger partial charge < -0.3 is 10.2 Å². The Labute approximate surface area is 102 Å². The summed E-state index contributed by atoms with van der Waals surface area (Å²) in [5.41, 5.74) is 1.12. The molecule has 0 saturated carbocycles. The van der Waals surface area contributed by atoms with Crippen molar-refractivity contribution in [3.8, 4) is 0 Å². The first-order chi connectivity index (χ1) is 8.27. The number of likely N-dealkylation sites (N-methyl/N-ethyl adjacent to an activating group) is 1. The van der Waals surface area contributed by atoms with Crippen LogP contribution in [-0.4, -0.2) is 42.0 Å². The van der Waals surface area contributed by atoms with Crippen LogP contribution in [0.25, 0.3) is 0 Å². The fraction of sp³-hybridized carbons (Fsp3) is 0.538. The number of hydrogen-bond acceptors (Lipinski definition) is 3. The van der Waals surface area contributed by atoms with E-state index >= 15 is 0 Å². The summed E-state index contributed by atoms with van der Waals surface area (Å²) in [5.74, 6) is 0.225. The zero-order valence-corrected chi connectivity index (χ0v) is 10.2. The number of nitrogens with one attached hydrogen (secondary N) is 1. The molecule has 1 aliphatic rings. The smallest absolute Gasteiger partial charge is 0.222 e. The molecule has 4 heteroatoms. The van der Waals surface area contributed by atoms with Crippen molar-refractivity contribution in [1.29, 1.82) is 0 Å². The van der Waals surface area contributed by atoms with Crippen molar-refractivity contribution in [2.75, 3.05) is 20.1 Å². The zero-order chi connectivity index (χ0) is 12.1. The van der Waals surface area contributed by atoms with Gasteiger partial charge in [0.05, 0.1) is 0 Å². The minimum atomic E-state index is 0.225. The molecule has 4 nitrogen and oxygen atoms in total. The van der Waals surface area contributed by atoms with Gasteiger partial charge in [0.1, 0.15) is 0 Å². The lowest BCUT2D eigenvalue weighted by molar-refractivity contribution is -0.131. The number of amides is 1. The molecular formula is C13H19N3O. The summed E-state index contributed by atoms with van der Waals surface area (Å²) in [7, 11) is 1.91. The van der Waals surface area contributed by atoms with Crippen molar-refractivity contribution < 1.29 is 4.79 Å². The van der Waals surface area contributed by atoms with Gasteiger partial charge in [0, 0.05) is 38.4 Å². The highest BCUT2D eigenvalue weighted by atomic mass is 16.2. The fourth-order valence-electron chi connectivity index (χ4n) is 2.15. The molecule has 0 spiro atoms. The minimum absolute atomic E-state index is 0.225. The number of nitrogens with zero attached hydrogens (tertiary/aromatic N) is 2. The number of aromatic nitrogens is 1. The lowest BCUT2D eigenvalue weighted by Crippen LogP contribution is -2.38. The molecule has 1 aromatic heterocycles. The first-order valence-corrected chi connectivity index (χ1v) is 6.12. The van der Waals surface area contributed by atoms with Crippen LogP contribution in [0.2, 0.25) is 0 Å². The average Bonchev–Trinajstić information content (AvgIpc) is 2.90. The van der Waals surface area contributed by atoms with Gasteiger partial charge in [-0.05, 0) is 31.0 Å². The molecule has 1 aliphatic heterocycles. The predicted molar refractivity (Wildman–Crippen MR) is 66.6 cm³/mol. The molecule has 17 heavy (non-hydrogen) atoms. The van der Waals surface area contributed by atoms with Crippen molar-refractivity contribution >= 4 is 5.91 Å². The molecular weight excluding hydrogens is 214 g/mol. The van der Waals surface area contributed by atoms with Crippen LogP contribution in [0, 0.1) is 0 Å². The monoisotopic (exact) mass is 233 g/mol. The van der Waals surface area contributed by atoms with Crippen LogP contribution < -0.4 is 5.32 Å². The van der Waals surface area contributed by atoms with Gasteiger partial charge in [0.2, 0.25) is 5.91 Å². The molecule has 2 rings (SSSR count). The molecule has 0 aromatic carbocycles. The molecule has 1 unspecified atom stereocenters. The predicted octanol–water partition coefficient (Wildman–Crippen LogP) is 0.834. The van der Waals surface area contributed by atoms with Gasteiger partial charge in [-0.1, -0.05) is 6.07 Å². The third kappa shape index (κ3) is 3.27. The fourth-order valence-corrected chi connectivity index (χ4v) is 2.15. The Bertz CT molecular complexity index is 360. The summed E-state index contributed by atoms with van der Waals surface area (Å²) in [6.07, 6.45) is 5.98. The van der Waals surface area contributed by atoms with Crippen molar-refractivity contribution in [3.63, 3.8) is 0 Å². The standard InChI is InChI=1S/C13H19N3O/c1-16(12-6-8-15-10-12)13(17)5-4-11-3-2-7-14-9-11/h2-3,7,9,12,15H,4-6,8,10H2,1H3. The van der Waals surface area contributed by atoms with Crippen molar-refractivity contribution in [3.05, 3.63) is 30.1 Å². The molecule has 1 amide bonds. The van der Waals surface area contributed by atoms with Gasteiger partial charge in [-0.2, -0.15) is 0 Å². The quantitative estimate of drug-likeness (QED) is 0.838. The van der Waals surface area contributed by atoms with E-state index in [0.717, 1.165) is 31.5 Å². The van der Waals surface area contributed by atoms with Crippen LogP contribution in [0.15, 0.2) is 24.5 Å². The third-order valence-electron chi connectivity index (χ3n) is 3.33. The van der Waals surface area contributed by atoms with E-state index in [1.54, 1.807) is 6.20 Å². The molecule has 1 atom stereocenters. The van der Waals surface area contributed by atoms with E-state index in [1.807, 2.05) is 30.3 Å². The van der Waals surface area contributed by atoms with Crippen LogP contribution in [0.3, 0.4) is 0 Å². The highest BCUT2D eigenvalue weighted by Gasteiger charge is 2.22. The lowest BCUT2D eigenvalue weighted by Gasteiger charge is -2.23. The van der Waals surface area contributed by atoms with Gasteiger partial charge >= 0.3 is 0 Å². The Kier molecular flexibility index (Phi) is 4.09. The van der Waals surface area contributed by atoms with Crippen molar-refractivity contribution in [1.82, 2.24) is 15.2 Å². The molecule has 0 aliphatic carbocycles. The Morgan fingerprint density at radius 3 is 3.18 bits per heavy atom. The number of pyridine rings is 1. The Morgan fingerprint density at radius 2 is 2.53 bits per heavy atom. The second kappa shape index (κ2) is 5.77. The van der Waals surface area contributed by atoms with E-state index in [0.29, 0.717) is 12.5 Å². The van der Waals surface area contributed by atoms with Crippen molar-refractivity contribution in [2.24, 2.45) is 0 Å². The summed E-state index contributed by atoms with van der Waals surface area (Å²) in [4.78, 5) is 17.9. The number of aryl methyl sites for hydroxylation is 1. The maximum Gasteiger partial charge on any atom is 0.222 e. The van der Waals surface area contributed by atoms with Gasteiger partial charge in [-0.25, -0.2) is 0 Å². The first-order valence-electron chi connectivity index (χ1n) is 6.12. The highest BCUT2D eigenvalue weighted by Crippen LogP contribution is 2.09.